The van der Waals surface area contributed by atoms with Gasteiger partial charge in [-0.1, -0.05) is 6.07 Å². The van der Waals surface area contributed by atoms with E-state index in [-0.39, 0.29) is 23.8 Å². The fourth-order valence-electron chi connectivity index (χ4n) is 3.77. The summed E-state index contributed by atoms with van der Waals surface area (Å²) in [7, 11) is 0. The van der Waals surface area contributed by atoms with E-state index in [4.69, 9.17) is 0 Å². The molecule has 1 aromatic carbocycles. The van der Waals surface area contributed by atoms with Gasteiger partial charge in [0.1, 0.15) is 23.3 Å². The normalized spacial score (nSPS) is 18.0. The Balaban J connectivity index is 1.39. The van der Waals surface area contributed by atoms with Crippen molar-refractivity contribution in [3.05, 3.63) is 47.0 Å². The van der Waals surface area contributed by atoms with E-state index in [1.165, 1.54) is 18.2 Å². The van der Waals surface area contributed by atoms with E-state index in [9.17, 15) is 13.6 Å². The van der Waals surface area contributed by atoms with Gasteiger partial charge < -0.3 is 14.8 Å². The van der Waals surface area contributed by atoms with Crippen molar-refractivity contribution < 1.29 is 13.6 Å². The minimum Gasteiger partial charge on any atom is -0.342 e. The lowest BCUT2D eigenvalue weighted by Gasteiger charge is -2.32. The van der Waals surface area contributed by atoms with E-state index < -0.39 is 11.6 Å². The molecule has 1 N–H and O–H groups in total. The van der Waals surface area contributed by atoms with Crippen LogP contribution in [0, 0.1) is 11.6 Å². The number of piperidine rings is 1. The minimum atomic E-state index is -0.670. The zero-order valence-electron chi connectivity index (χ0n) is 14.4. The number of halogens is 2. The van der Waals surface area contributed by atoms with Gasteiger partial charge in [0.05, 0.1) is 13.0 Å². The second-order valence-electron chi connectivity index (χ2n) is 6.83. The van der Waals surface area contributed by atoms with Gasteiger partial charge in [0, 0.05) is 37.7 Å². The Morgan fingerprint density at radius 2 is 1.88 bits per heavy atom. The summed E-state index contributed by atoms with van der Waals surface area (Å²) >= 11 is 0. The summed E-state index contributed by atoms with van der Waals surface area (Å²) in [6.07, 6.45) is 1.34. The first-order chi connectivity index (χ1) is 12.6. The van der Waals surface area contributed by atoms with Crippen LogP contribution in [0.5, 0.6) is 0 Å². The fourth-order valence-corrected chi connectivity index (χ4v) is 3.77. The van der Waals surface area contributed by atoms with Gasteiger partial charge in [-0.25, -0.2) is 8.78 Å². The zero-order chi connectivity index (χ0) is 18.1. The van der Waals surface area contributed by atoms with Crippen LogP contribution < -0.4 is 5.32 Å². The second kappa shape index (κ2) is 7.11. The molecule has 2 aliphatic rings. The monoisotopic (exact) mass is 361 g/mol. The molecule has 8 heteroatoms. The third-order valence-electron chi connectivity index (χ3n) is 5.25. The second-order valence-corrected chi connectivity index (χ2v) is 6.83. The molecule has 3 heterocycles. The van der Waals surface area contributed by atoms with Crippen molar-refractivity contribution in [2.45, 2.75) is 38.3 Å². The highest BCUT2D eigenvalue weighted by Gasteiger charge is 2.29. The predicted molar refractivity (Wildman–Crippen MR) is 90.3 cm³/mol. The molecule has 6 nitrogen and oxygen atoms in total. The van der Waals surface area contributed by atoms with E-state index in [0.717, 1.165) is 44.1 Å². The maximum absolute atomic E-state index is 13.8. The molecule has 138 valence electrons. The van der Waals surface area contributed by atoms with E-state index >= 15 is 0 Å². The van der Waals surface area contributed by atoms with Crippen molar-refractivity contribution in [3.63, 3.8) is 0 Å². The number of benzene rings is 1. The largest absolute Gasteiger partial charge is 0.342 e. The van der Waals surface area contributed by atoms with E-state index in [2.05, 4.69) is 20.1 Å². The Morgan fingerprint density at radius 1 is 1.15 bits per heavy atom. The lowest BCUT2D eigenvalue weighted by atomic mass is 9.95. The summed E-state index contributed by atoms with van der Waals surface area (Å²) in [5.41, 5.74) is -0.154. The number of hydrogen-bond donors (Lipinski definition) is 1. The Hall–Kier alpha value is -2.35. The molecule has 1 aromatic heterocycles. The van der Waals surface area contributed by atoms with Crippen LogP contribution in [0.2, 0.25) is 0 Å². The number of likely N-dealkylation sites (tertiary alicyclic amines) is 1. The molecular formula is C18H21F2N5O. The van der Waals surface area contributed by atoms with Gasteiger partial charge >= 0.3 is 0 Å². The number of hydrogen-bond acceptors (Lipinski definition) is 4. The topological polar surface area (TPSA) is 63.1 Å². The molecular weight excluding hydrogens is 340 g/mol. The molecule has 0 saturated carbocycles. The Kier molecular flexibility index (Phi) is 4.67. The molecule has 0 spiro atoms. The van der Waals surface area contributed by atoms with Crippen LogP contribution in [0.1, 0.15) is 36.0 Å². The average Bonchev–Trinajstić information content (AvgIpc) is 3.09. The van der Waals surface area contributed by atoms with Crippen LogP contribution in [0.4, 0.5) is 8.78 Å². The summed E-state index contributed by atoms with van der Waals surface area (Å²) in [5, 5.41) is 11.9. The van der Waals surface area contributed by atoms with E-state index in [1.54, 1.807) is 4.90 Å². The summed E-state index contributed by atoms with van der Waals surface area (Å²) in [5.74, 6) is 0.644. The SMILES string of the molecule is O=C(Cc1c(F)cccc1F)N1CCC(c2nnc3n2CCNC3)CC1. The molecule has 0 radical (unpaired) electrons. The van der Waals surface area contributed by atoms with Crippen molar-refractivity contribution in [3.8, 4) is 0 Å². The molecule has 1 fully saturated rings. The molecule has 1 saturated heterocycles. The minimum absolute atomic E-state index is 0.154. The molecule has 1 amide bonds. The molecule has 0 unspecified atom stereocenters. The number of nitrogens with one attached hydrogen (secondary N) is 1. The van der Waals surface area contributed by atoms with Crippen LogP contribution in [-0.2, 0) is 24.3 Å². The summed E-state index contributed by atoms with van der Waals surface area (Å²) in [6.45, 7) is 3.64. The molecule has 4 rings (SSSR count). The van der Waals surface area contributed by atoms with Crippen LogP contribution in [0.25, 0.3) is 0 Å². The van der Waals surface area contributed by atoms with Crippen LogP contribution in [0.15, 0.2) is 18.2 Å². The van der Waals surface area contributed by atoms with Gasteiger partial charge in [-0.2, -0.15) is 0 Å². The zero-order valence-corrected chi connectivity index (χ0v) is 14.4. The van der Waals surface area contributed by atoms with Crippen molar-refractivity contribution >= 4 is 5.91 Å². The number of nitrogens with zero attached hydrogens (tertiary/aromatic N) is 4. The van der Waals surface area contributed by atoms with Crippen LogP contribution in [-0.4, -0.2) is 45.2 Å². The summed E-state index contributed by atoms with van der Waals surface area (Å²) in [4.78, 5) is 14.1. The smallest absolute Gasteiger partial charge is 0.227 e. The van der Waals surface area contributed by atoms with E-state index in [0.29, 0.717) is 13.1 Å². The third-order valence-corrected chi connectivity index (χ3v) is 5.25. The van der Waals surface area contributed by atoms with Gasteiger partial charge in [-0.3, -0.25) is 4.79 Å². The highest BCUT2D eigenvalue weighted by Crippen LogP contribution is 2.28. The quantitative estimate of drug-likeness (QED) is 0.902. The number of aromatic nitrogens is 3. The molecule has 2 aromatic rings. The number of fused-ring (bicyclic) bond motifs is 1. The van der Waals surface area contributed by atoms with Gasteiger partial charge in [0.15, 0.2) is 0 Å². The van der Waals surface area contributed by atoms with Gasteiger partial charge in [-0.15, -0.1) is 10.2 Å². The van der Waals surface area contributed by atoms with Crippen LogP contribution in [0.3, 0.4) is 0 Å². The molecule has 0 aliphatic carbocycles. The summed E-state index contributed by atoms with van der Waals surface area (Å²) in [6, 6.07) is 3.67. The third kappa shape index (κ3) is 3.21. The van der Waals surface area contributed by atoms with Crippen molar-refractivity contribution in [1.29, 1.82) is 0 Å². The Bertz CT molecular complexity index is 794. The Morgan fingerprint density at radius 3 is 2.62 bits per heavy atom. The van der Waals surface area contributed by atoms with Crippen molar-refractivity contribution in [1.82, 2.24) is 25.0 Å². The number of amides is 1. The number of rotatable bonds is 3. The van der Waals surface area contributed by atoms with E-state index in [1.807, 2.05) is 0 Å². The lowest BCUT2D eigenvalue weighted by Crippen LogP contribution is -2.39. The first kappa shape index (κ1) is 17.1. The maximum atomic E-state index is 13.8. The first-order valence-corrected chi connectivity index (χ1v) is 8.97. The van der Waals surface area contributed by atoms with Gasteiger partial charge in [0.2, 0.25) is 5.91 Å². The van der Waals surface area contributed by atoms with Crippen molar-refractivity contribution in [2.24, 2.45) is 0 Å². The summed E-state index contributed by atoms with van der Waals surface area (Å²) < 4.78 is 29.7. The van der Waals surface area contributed by atoms with Gasteiger partial charge in [-0.05, 0) is 25.0 Å². The fraction of sp³-hybridized carbons (Fsp3) is 0.500. The number of carbonyl (C=O) groups is 1. The standard InChI is InChI=1S/C18H21F2N5O/c19-14-2-1-3-15(20)13(14)10-17(26)24-7-4-12(5-8-24)18-23-22-16-11-21-6-9-25(16)18/h1-3,12,21H,4-11H2. The maximum Gasteiger partial charge on any atom is 0.227 e. The highest BCUT2D eigenvalue weighted by atomic mass is 19.1. The van der Waals surface area contributed by atoms with Crippen molar-refractivity contribution in [2.75, 3.05) is 19.6 Å². The van der Waals surface area contributed by atoms with Crippen LogP contribution >= 0.6 is 0 Å². The van der Waals surface area contributed by atoms with Gasteiger partial charge in [0.25, 0.3) is 0 Å². The molecule has 26 heavy (non-hydrogen) atoms. The Labute approximate surface area is 150 Å². The predicted octanol–water partition coefficient (Wildman–Crippen LogP) is 1.61. The average molecular weight is 361 g/mol. The molecule has 0 atom stereocenters. The highest BCUT2D eigenvalue weighted by molar-refractivity contribution is 5.79. The lowest BCUT2D eigenvalue weighted by molar-refractivity contribution is -0.131. The number of carbonyl (C=O) groups excluding carboxylic acids is 1. The molecule has 2 aliphatic heterocycles. The first-order valence-electron chi connectivity index (χ1n) is 8.97. The molecule has 0 bridgehead atoms.